The van der Waals surface area contributed by atoms with E-state index in [-0.39, 0.29) is 11.8 Å². The number of nitrogens with one attached hydrogen (secondary N) is 1. The van der Waals surface area contributed by atoms with Crippen molar-refractivity contribution in [1.29, 1.82) is 0 Å². The molecule has 40 heavy (non-hydrogen) atoms. The van der Waals surface area contributed by atoms with Crippen molar-refractivity contribution >= 4 is 39.7 Å². The van der Waals surface area contributed by atoms with Gasteiger partial charge in [-0.2, -0.15) is 0 Å². The minimum absolute atomic E-state index is 0.0537. The van der Waals surface area contributed by atoms with Crippen molar-refractivity contribution in [2.24, 2.45) is 17.8 Å². The summed E-state index contributed by atoms with van der Waals surface area (Å²) in [7, 11) is -0.438. The molecule has 4 rings (SSSR count). The zero-order valence-electron chi connectivity index (χ0n) is 25.8. The van der Waals surface area contributed by atoms with Gasteiger partial charge in [0.1, 0.15) is 5.75 Å². The standard InChI is InChI=1S/C32H45ClN2O2S.C2H6/c1-7-9-24-16-28(33)13-14-29(24)27-19-35(18-26-11-10-22(26)4)30-17-25(12-15-31(30)37-20-27)32(36)34-38(6)23(5)21(3)8-2;1-2/h12-17,21-23,26-27H,6-11,18-20H2,1-5H3,(H,34,36);1-2H3. The van der Waals surface area contributed by atoms with Gasteiger partial charge in [-0.3, -0.25) is 4.79 Å². The lowest BCUT2D eigenvalue weighted by Gasteiger charge is -2.39. The number of halogens is 1. The van der Waals surface area contributed by atoms with E-state index in [2.05, 4.69) is 62.2 Å². The zero-order valence-corrected chi connectivity index (χ0v) is 27.3. The average Bonchev–Trinajstić information content (AvgIpc) is 3.14. The minimum Gasteiger partial charge on any atom is -0.491 e. The maximum Gasteiger partial charge on any atom is 0.260 e. The summed E-state index contributed by atoms with van der Waals surface area (Å²) in [4.78, 5) is 15.8. The highest BCUT2D eigenvalue weighted by Gasteiger charge is 2.33. The van der Waals surface area contributed by atoms with Crippen molar-refractivity contribution in [3.8, 4) is 5.75 Å². The lowest BCUT2D eigenvalue weighted by atomic mass is 9.74. The Morgan fingerprint density at radius 2 is 1.93 bits per heavy atom. The number of amides is 1. The average molecular weight is 587 g/mol. The molecule has 6 heteroatoms. The fourth-order valence-electron chi connectivity index (χ4n) is 5.63. The van der Waals surface area contributed by atoms with Crippen LogP contribution in [0.1, 0.15) is 102 Å². The first-order chi connectivity index (χ1) is 19.2. The molecule has 1 aliphatic carbocycles. The predicted molar refractivity (Wildman–Crippen MR) is 177 cm³/mol. The first-order valence-corrected chi connectivity index (χ1v) is 17.2. The van der Waals surface area contributed by atoms with Crippen LogP contribution in [0.5, 0.6) is 5.75 Å². The molecule has 2 aromatic carbocycles. The van der Waals surface area contributed by atoms with Gasteiger partial charge < -0.3 is 14.4 Å². The predicted octanol–water partition coefficient (Wildman–Crippen LogP) is 9.13. The highest BCUT2D eigenvalue weighted by Crippen LogP contribution is 2.41. The van der Waals surface area contributed by atoms with Crippen molar-refractivity contribution in [3.63, 3.8) is 0 Å². The Hall–Kier alpha value is -1.98. The molecule has 0 spiro atoms. The normalized spacial score (nSPS) is 22.3. The Bertz CT molecular complexity index is 1150. The first-order valence-electron chi connectivity index (χ1n) is 15.4. The summed E-state index contributed by atoms with van der Waals surface area (Å²) in [6.45, 7) is 17.6. The number of anilines is 1. The van der Waals surface area contributed by atoms with E-state index in [1.807, 2.05) is 38.1 Å². The van der Waals surface area contributed by atoms with Crippen molar-refractivity contribution in [2.75, 3.05) is 24.6 Å². The molecule has 2 aliphatic rings. The Balaban J connectivity index is 0.00000216. The van der Waals surface area contributed by atoms with Crippen molar-refractivity contribution in [1.82, 2.24) is 4.72 Å². The van der Waals surface area contributed by atoms with Gasteiger partial charge in [0.15, 0.2) is 0 Å². The second kappa shape index (κ2) is 15.3. The molecule has 1 heterocycles. The van der Waals surface area contributed by atoms with Crippen LogP contribution >= 0.6 is 22.3 Å². The highest BCUT2D eigenvalue weighted by atomic mass is 35.5. The van der Waals surface area contributed by atoms with Crippen LogP contribution in [0.4, 0.5) is 5.69 Å². The Labute approximate surface area is 251 Å². The summed E-state index contributed by atoms with van der Waals surface area (Å²) in [6, 6.07) is 12.2. The number of hydrogen-bond acceptors (Lipinski definition) is 3. The van der Waals surface area contributed by atoms with E-state index in [1.165, 1.54) is 24.0 Å². The molecule has 1 fully saturated rings. The van der Waals surface area contributed by atoms with E-state index in [1.54, 1.807) is 0 Å². The Kier molecular flexibility index (Phi) is 12.4. The molecule has 222 valence electrons. The Morgan fingerprint density at radius 3 is 2.55 bits per heavy atom. The topological polar surface area (TPSA) is 41.6 Å². The molecule has 0 radical (unpaired) electrons. The van der Waals surface area contributed by atoms with E-state index in [0.29, 0.717) is 29.3 Å². The number of ether oxygens (including phenoxy) is 1. The van der Waals surface area contributed by atoms with Gasteiger partial charge in [-0.25, -0.2) is 0 Å². The summed E-state index contributed by atoms with van der Waals surface area (Å²) < 4.78 is 9.64. The quantitative estimate of drug-likeness (QED) is 0.282. The van der Waals surface area contributed by atoms with Gasteiger partial charge in [0, 0.05) is 34.8 Å². The van der Waals surface area contributed by atoms with E-state index >= 15 is 0 Å². The molecule has 0 saturated heterocycles. The molecule has 1 N–H and O–H groups in total. The molecule has 1 saturated carbocycles. The van der Waals surface area contributed by atoms with E-state index in [9.17, 15) is 4.79 Å². The molecule has 0 bridgehead atoms. The molecule has 2 aromatic rings. The number of carbonyl (C=O) groups excluding carboxylic acids is 1. The molecule has 6 unspecified atom stereocenters. The van der Waals surface area contributed by atoms with Crippen molar-refractivity contribution in [3.05, 3.63) is 58.1 Å². The SMILES string of the molecule is C=S(NC(=O)c1ccc2c(c1)N(CC1CCC1C)CC(c1ccc(Cl)cc1CCC)CO2)C(C)C(C)CC.CC. The van der Waals surface area contributed by atoms with Crippen LogP contribution in [0.2, 0.25) is 5.02 Å². The summed E-state index contributed by atoms with van der Waals surface area (Å²) in [6.07, 6.45) is 5.72. The molecular formula is C34H51ClN2O2S. The van der Waals surface area contributed by atoms with Gasteiger partial charge in [-0.05, 0) is 72.1 Å². The van der Waals surface area contributed by atoms with Crippen LogP contribution in [0.3, 0.4) is 0 Å². The van der Waals surface area contributed by atoms with Gasteiger partial charge >= 0.3 is 0 Å². The Morgan fingerprint density at radius 1 is 1.18 bits per heavy atom. The molecule has 1 aliphatic heterocycles. The molecule has 0 aromatic heterocycles. The number of fused-ring (bicyclic) bond motifs is 1. The second-order valence-corrected chi connectivity index (χ2v) is 13.7. The van der Waals surface area contributed by atoms with Crippen LogP contribution in [0, 0.1) is 17.8 Å². The first kappa shape index (κ1) is 32.5. The van der Waals surface area contributed by atoms with Gasteiger partial charge in [0.05, 0.1) is 12.3 Å². The maximum atomic E-state index is 13.3. The van der Waals surface area contributed by atoms with Crippen molar-refractivity contribution < 1.29 is 9.53 Å². The van der Waals surface area contributed by atoms with Crippen LogP contribution in [0.25, 0.3) is 0 Å². The third kappa shape index (κ3) is 7.85. The number of rotatable bonds is 10. The molecule has 4 nitrogen and oxygen atoms in total. The minimum atomic E-state index is -0.438. The van der Waals surface area contributed by atoms with E-state index in [4.69, 9.17) is 16.3 Å². The third-order valence-corrected chi connectivity index (χ3v) is 10.9. The van der Waals surface area contributed by atoms with Crippen LogP contribution in [-0.2, 0) is 6.42 Å². The number of carbonyl (C=O) groups is 1. The number of hydrogen-bond donors (Lipinski definition) is 1. The lowest BCUT2D eigenvalue weighted by Crippen LogP contribution is -2.39. The van der Waals surface area contributed by atoms with Crippen LogP contribution in [-0.4, -0.2) is 36.7 Å². The third-order valence-electron chi connectivity index (χ3n) is 8.88. The fraction of sp³-hybridized carbons (Fsp3) is 0.588. The zero-order chi connectivity index (χ0) is 29.4. The van der Waals surface area contributed by atoms with Gasteiger partial charge in [0.2, 0.25) is 0 Å². The maximum absolute atomic E-state index is 13.3. The van der Waals surface area contributed by atoms with Crippen LogP contribution in [0.15, 0.2) is 36.4 Å². The lowest BCUT2D eigenvalue weighted by molar-refractivity contribution is 0.0984. The smallest absolute Gasteiger partial charge is 0.260 e. The summed E-state index contributed by atoms with van der Waals surface area (Å²) in [5, 5.41) is 1.13. The van der Waals surface area contributed by atoms with Gasteiger partial charge in [0.25, 0.3) is 5.91 Å². The monoisotopic (exact) mass is 586 g/mol. The van der Waals surface area contributed by atoms with Crippen LogP contribution < -0.4 is 14.4 Å². The van der Waals surface area contributed by atoms with E-state index < -0.39 is 10.7 Å². The highest BCUT2D eigenvalue weighted by molar-refractivity contribution is 8.13. The van der Waals surface area contributed by atoms with E-state index in [0.717, 1.165) is 54.7 Å². The number of nitrogens with zero attached hydrogens (tertiary/aromatic N) is 1. The fourth-order valence-corrected chi connectivity index (χ4v) is 7.12. The van der Waals surface area contributed by atoms with Gasteiger partial charge in [-0.1, -0.05) is 102 Å². The summed E-state index contributed by atoms with van der Waals surface area (Å²) in [5.74, 6) is 7.24. The molecule has 6 atom stereocenters. The molecule has 1 amide bonds. The molecular weight excluding hydrogens is 536 g/mol. The number of aryl methyl sites for hydroxylation is 1. The number of benzene rings is 2. The summed E-state index contributed by atoms with van der Waals surface area (Å²) in [5.41, 5.74) is 4.35. The largest absolute Gasteiger partial charge is 0.491 e. The summed E-state index contributed by atoms with van der Waals surface area (Å²) >= 11 is 6.38. The van der Waals surface area contributed by atoms with Gasteiger partial charge in [-0.15, -0.1) is 0 Å². The second-order valence-electron chi connectivity index (χ2n) is 11.5. The van der Waals surface area contributed by atoms with Crippen molar-refractivity contribution in [2.45, 2.75) is 91.7 Å².